The Morgan fingerprint density at radius 1 is 0.781 bits per heavy atom. The molecule has 1 fully saturated rings. The van der Waals surface area contributed by atoms with Gasteiger partial charge in [0.05, 0.1) is 35.8 Å². The van der Waals surface area contributed by atoms with Crippen molar-refractivity contribution < 1.29 is 38.0 Å². The minimum absolute atomic E-state index is 0.0402. The normalized spacial score (nSPS) is 18.4. The van der Waals surface area contributed by atoms with Crippen molar-refractivity contribution in [2.45, 2.75) is 58.5 Å². The first-order valence-corrected chi connectivity index (χ1v) is 11.2. The van der Waals surface area contributed by atoms with Crippen LogP contribution in [0.5, 0.6) is 0 Å². The first kappa shape index (κ1) is 26.3. The second-order valence-electron chi connectivity index (χ2n) is 7.70. The largest absolute Gasteiger partial charge is 0.463 e. The van der Waals surface area contributed by atoms with Gasteiger partial charge < -0.3 is 33.7 Å². The number of carbonyl (C=O) groups excluding carboxylic acids is 2. The molecule has 0 aromatic carbocycles. The number of ether oxygens (including phenoxy) is 6. The van der Waals surface area contributed by atoms with E-state index in [1.165, 1.54) is 28.4 Å². The number of esters is 2. The van der Waals surface area contributed by atoms with Gasteiger partial charge in [0, 0.05) is 34.4 Å². The molecule has 2 rings (SSSR count). The summed E-state index contributed by atoms with van der Waals surface area (Å²) in [4.78, 5) is 26.5. The zero-order valence-electron chi connectivity index (χ0n) is 20.0. The zero-order valence-corrected chi connectivity index (χ0v) is 20.0. The summed E-state index contributed by atoms with van der Waals surface area (Å²) in [5.41, 5.74) is 1.41. The average molecular weight is 456 g/mol. The molecule has 0 spiro atoms. The number of hydrogen-bond acceptors (Lipinski definition) is 9. The summed E-state index contributed by atoms with van der Waals surface area (Å²) in [7, 11) is 5.93. The standard InChI is InChI=1S/C23H37NO8/c1-7-31-20(25)16-15(14-12-10-9-11-13-14)17(21(26)32-8-2)19(23(29-5)30-6)24-18(16)22(27-3)28-4/h14-15,22-24H,7-13H2,1-6H3. The highest BCUT2D eigenvalue weighted by molar-refractivity contribution is 5.98. The average Bonchev–Trinajstić information content (AvgIpc) is 2.81. The molecule has 1 aliphatic carbocycles. The van der Waals surface area contributed by atoms with Gasteiger partial charge in [-0.3, -0.25) is 0 Å². The number of rotatable bonds is 11. The Morgan fingerprint density at radius 2 is 1.19 bits per heavy atom. The van der Waals surface area contributed by atoms with Crippen LogP contribution in [-0.4, -0.2) is 66.2 Å². The number of nitrogens with one attached hydrogen (secondary N) is 1. The van der Waals surface area contributed by atoms with Gasteiger partial charge in [-0.15, -0.1) is 0 Å². The molecule has 0 amide bonds. The summed E-state index contributed by atoms with van der Waals surface area (Å²) in [6.45, 7) is 3.88. The highest BCUT2D eigenvalue weighted by atomic mass is 16.7. The van der Waals surface area contributed by atoms with E-state index in [0.29, 0.717) is 22.5 Å². The van der Waals surface area contributed by atoms with E-state index in [1.54, 1.807) is 13.8 Å². The lowest BCUT2D eigenvalue weighted by Gasteiger charge is -2.40. The first-order valence-electron chi connectivity index (χ1n) is 11.2. The predicted molar refractivity (Wildman–Crippen MR) is 116 cm³/mol. The summed E-state index contributed by atoms with van der Waals surface area (Å²) in [6.07, 6.45) is 3.12. The second kappa shape index (κ2) is 12.9. The lowest BCUT2D eigenvalue weighted by atomic mass is 9.70. The maximum atomic E-state index is 13.3. The molecule has 0 unspecified atom stereocenters. The van der Waals surface area contributed by atoms with Crippen molar-refractivity contribution in [2.75, 3.05) is 41.7 Å². The molecule has 0 radical (unpaired) electrons. The third-order valence-electron chi connectivity index (χ3n) is 5.91. The van der Waals surface area contributed by atoms with Gasteiger partial charge in [-0.1, -0.05) is 19.3 Å². The highest BCUT2D eigenvalue weighted by Crippen LogP contribution is 2.44. The van der Waals surface area contributed by atoms with Crippen LogP contribution >= 0.6 is 0 Å². The molecule has 1 heterocycles. The highest BCUT2D eigenvalue weighted by Gasteiger charge is 2.46. The van der Waals surface area contributed by atoms with Crippen LogP contribution in [-0.2, 0) is 38.0 Å². The van der Waals surface area contributed by atoms with Crippen molar-refractivity contribution in [2.24, 2.45) is 11.8 Å². The third-order valence-corrected chi connectivity index (χ3v) is 5.91. The molecule has 1 saturated carbocycles. The van der Waals surface area contributed by atoms with Gasteiger partial charge in [0.15, 0.2) is 12.6 Å². The van der Waals surface area contributed by atoms with E-state index in [2.05, 4.69) is 5.32 Å². The molecule has 182 valence electrons. The van der Waals surface area contributed by atoms with Crippen molar-refractivity contribution in [1.82, 2.24) is 5.32 Å². The van der Waals surface area contributed by atoms with Crippen LogP contribution in [0.3, 0.4) is 0 Å². The molecule has 9 nitrogen and oxygen atoms in total. The van der Waals surface area contributed by atoms with Crippen molar-refractivity contribution in [3.05, 3.63) is 22.5 Å². The van der Waals surface area contributed by atoms with Crippen LogP contribution in [0, 0.1) is 11.8 Å². The summed E-state index contributed by atoms with van der Waals surface area (Å²) in [5.74, 6) is -1.56. The Kier molecular flexibility index (Phi) is 10.6. The van der Waals surface area contributed by atoms with Crippen LogP contribution in [0.15, 0.2) is 22.5 Å². The van der Waals surface area contributed by atoms with Gasteiger partial charge in [0.25, 0.3) is 0 Å². The topological polar surface area (TPSA) is 102 Å². The molecule has 1 N–H and O–H groups in total. The van der Waals surface area contributed by atoms with Crippen molar-refractivity contribution >= 4 is 11.9 Å². The van der Waals surface area contributed by atoms with E-state index in [-0.39, 0.29) is 19.1 Å². The number of dihydropyridines is 1. The van der Waals surface area contributed by atoms with Crippen LogP contribution in [0.1, 0.15) is 46.0 Å². The molecule has 32 heavy (non-hydrogen) atoms. The smallest absolute Gasteiger partial charge is 0.336 e. The fourth-order valence-electron chi connectivity index (χ4n) is 4.63. The minimum Gasteiger partial charge on any atom is -0.463 e. The monoisotopic (exact) mass is 455 g/mol. The Morgan fingerprint density at radius 3 is 1.53 bits per heavy atom. The quantitative estimate of drug-likeness (QED) is 0.372. The second-order valence-corrected chi connectivity index (χ2v) is 7.70. The van der Waals surface area contributed by atoms with E-state index in [4.69, 9.17) is 28.4 Å². The molecule has 1 aliphatic heterocycles. The molecule has 0 bridgehead atoms. The van der Waals surface area contributed by atoms with E-state index in [9.17, 15) is 9.59 Å². The fraction of sp³-hybridized carbons (Fsp3) is 0.739. The Bertz CT molecular complexity index is 653. The fourth-order valence-corrected chi connectivity index (χ4v) is 4.63. The molecular weight excluding hydrogens is 418 g/mol. The van der Waals surface area contributed by atoms with Gasteiger partial charge in [-0.25, -0.2) is 9.59 Å². The maximum absolute atomic E-state index is 13.3. The Labute approximate surface area is 190 Å². The number of carbonyl (C=O) groups is 2. The van der Waals surface area contributed by atoms with E-state index in [0.717, 1.165) is 32.1 Å². The lowest BCUT2D eigenvalue weighted by Crippen LogP contribution is -2.45. The summed E-state index contributed by atoms with van der Waals surface area (Å²) in [6, 6.07) is 0. The van der Waals surface area contributed by atoms with E-state index >= 15 is 0 Å². The van der Waals surface area contributed by atoms with E-state index < -0.39 is 30.4 Å². The molecule has 2 aliphatic rings. The van der Waals surface area contributed by atoms with Crippen LogP contribution in [0.4, 0.5) is 0 Å². The lowest BCUT2D eigenvalue weighted by molar-refractivity contribution is -0.142. The van der Waals surface area contributed by atoms with Crippen LogP contribution < -0.4 is 5.32 Å². The van der Waals surface area contributed by atoms with Gasteiger partial charge in [0.2, 0.25) is 0 Å². The van der Waals surface area contributed by atoms with Gasteiger partial charge in [-0.2, -0.15) is 0 Å². The zero-order chi connectivity index (χ0) is 23.7. The molecule has 0 atom stereocenters. The van der Waals surface area contributed by atoms with Crippen LogP contribution in [0.2, 0.25) is 0 Å². The molecule has 0 saturated heterocycles. The predicted octanol–water partition coefficient (Wildman–Crippen LogP) is 2.66. The molecule has 0 aromatic heterocycles. The summed E-state index contributed by atoms with van der Waals surface area (Å²) < 4.78 is 32.9. The third kappa shape index (κ3) is 5.70. The number of hydrogen-bond donors (Lipinski definition) is 1. The first-order chi connectivity index (χ1) is 15.5. The molecule has 0 aromatic rings. The molecule has 9 heteroatoms. The van der Waals surface area contributed by atoms with Gasteiger partial charge in [0.1, 0.15) is 0 Å². The maximum Gasteiger partial charge on any atom is 0.336 e. The Hall–Kier alpha value is -1.94. The van der Waals surface area contributed by atoms with Crippen molar-refractivity contribution in [3.8, 4) is 0 Å². The van der Waals surface area contributed by atoms with Crippen molar-refractivity contribution in [3.63, 3.8) is 0 Å². The van der Waals surface area contributed by atoms with Gasteiger partial charge in [-0.05, 0) is 32.6 Å². The minimum atomic E-state index is -0.881. The SMILES string of the molecule is CCOC(=O)C1=C(C(OC)OC)NC(C(OC)OC)=C(C(=O)OCC)C1C1CCCCC1. The van der Waals surface area contributed by atoms with Gasteiger partial charge >= 0.3 is 11.9 Å². The molecular formula is C23H37NO8. The summed E-state index contributed by atoms with van der Waals surface area (Å²) >= 11 is 0. The summed E-state index contributed by atoms with van der Waals surface area (Å²) in [5, 5.41) is 3.16. The van der Waals surface area contributed by atoms with Crippen LogP contribution in [0.25, 0.3) is 0 Å². The number of methoxy groups -OCH3 is 4. The Balaban J connectivity index is 2.79. The van der Waals surface area contributed by atoms with Crippen molar-refractivity contribution in [1.29, 1.82) is 0 Å². The van der Waals surface area contributed by atoms with E-state index in [1.807, 2.05) is 0 Å².